The quantitative estimate of drug-likeness (QED) is 0.431. The van der Waals surface area contributed by atoms with Crippen LogP contribution in [0.4, 0.5) is 5.69 Å². The number of carbonyl (C=O) groups is 2. The van der Waals surface area contributed by atoms with Gasteiger partial charge in [0.2, 0.25) is 5.91 Å². The second-order valence-electron chi connectivity index (χ2n) is 9.68. The maximum absolute atomic E-state index is 13.0. The molecule has 2 amide bonds. The van der Waals surface area contributed by atoms with Crippen LogP contribution < -0.4 is 15.0 Å². The average Bonchev–Trinajstić information content (AvgIpc) is 2.89. The summed E-state index contributed by atoms with van der Waals surface area (Å²) in [5.41, 5.74) is 4.05. The number of anilines is 1. The molecule has 0 spiro atoms. The lowest BCUT2D eigenvalue weighted by atomic mass is 9.82. The number of hydrogen-bond donors (Lipinski definition) is 1. The van der Waals surface area contributed by atoms with E-state index in [1.165, 1.54) is 5.56 Å². The van der Waals surface area contributed by atoms with Crippen molar-refractivity contribution in [2.24, 2.45) is 0 Å². The van der Waals surface area contributed by atoms with E-state index < -0.39 is 0 Å². The molecule has 4 rings (SSSR count). The van der Waals surface area contributed by atoms with E-state index in [0.29, 0.717) is 19.4 Å². The summed E-state index contributed by atoms with van der Waals surface area (Å²) in [5.74, 6) is 0.609. The summed E-state index contributed by atoms with van der Waals surface area (Å²) < 4.78 is 5.67. The fourth-order valence-corrected chi connectivity index (χ4v) is 4.35. The third-order valence-electron chi connectivity index (χ3n) is 6.92. The topological polar surface area (TPSA) is 58.6 Å². The van der Waals surface area contributed by atoms with Gasteiger partial charge in [-0.3, -0.25) is 9.59 Å². The number of rotatable bonds is 9. The summed E-state index contributed by atoms with van der Waals surface area (Å²) in [6.07, 6.45) is 1.88. The van der Waals surface area contributed by atoms with Crippen LogP contribution in [0.1, 0.15) is 62.8 Å². The Kier molecular flexibility index (Phi) is 7.54. The van der Waals surface area contributed by atoms with Gasteiger partial charge in [-0.15, -0.1) is 0 Å². The Morgan fingerprint density at radius 3 is 2.23 bits per heavy atom. The minimum Gasteiger partial charge on any atom is -0.482 e. The van der Waals surface area contributed by atoms with Crippen molar-refractivity contribution >= 4 is 17.5 Å². The van der Waals surface area contributed by atoms with E-state index in [1.807, 2.05) is 66.7 Å². The minimum atomic E-state index is -0.213. The summed E-state index contributed by atoms with van der Waals surface area (Å²) in [4.78, 5) is 27.4. The lowest BCUT2D eigenvalue weighted by Crippen LogP contribution is -2.40. The first-order valence-electron chi connectivity index (χ1n) is 12.4. The van der Waals surface area contributed by atoms with Crippen molar-refractivity contribution in [3.8, 4) is 5.75 Å². The predicted octanol–water partition coefficient (Wildman–Crippen LogP) is 5.79. The Morgan fingerprint density at radius 2 is 1.63 bits per heavy atom. The van der Waals surface area contributed by atoms with Crippen molar-refractivity contribution in [2.45, 2.75) is 51.5 Å². The largest absolute Gasteiger partial charge is 0.482 e. The van der Waals surface area contributed by atoms with E-state index in [1.54, 1.807) is 4.90 Å². The molecular formula is C30H34N2O3. The Labute approximate surface area is 208 Å². The summed E-state index contributed by atoms with van der Waals surface area (Å²) >= 11 is 0. The van der Waals surface area contributed by atoms with E-state index in [4.69, 9.17) is 4.74 Å². The molecule has 0 atom stereocenters. The number of nitrogens with one attached hydrogen (secondary N) is 1. The van der Waals surface area contributed by atoms with E-state index in [0.717, 1.165) is 29.0 Å². The second kappa shape index (κ2) is 10.8. The number of hydrogen-bond acceptors (Lipinski definition) is 3. The lowest BCUT2D eigenvalue weighted by Gasteiger charge is -2.32. The van der Waals surface area contributed by atoms with Gasteiger partial charge in [-0.2, -0.15) is 0 Å². The van der Waals surface area contributed by atoms with Crippen molar-refractivity contribution in [1.29, 1.82) is 0 Å². The van der Waals surface area contributed by atoms with E-state index >= 15 is 0 Å². The summed E-state index contributed by atoms with van der Waals surface area (Å²) in [7, 11) is 0. The SMILES string of the molecule is CCC(C)(C)c1ccc2c(c1)N(CCCC(=O)NC(c1ccccc1)c1ccccc1)C(=O)CO2. The first-order chi connectivity index (χ1) is 16.9. The highest BCUT2D eigenvalue weighted by atomic mass is 16.5. The normalized spacial score (nSPS) is 13.4. The van der Waals surface area contributed by atoms with Gasteiger partial charge < -0.3 is 15.0 Å². The van der Waals surface area contributed by atoms with Crippen molar-refractivity contribution in [1.82, 2.24) is 5.32 Å². The molecule has 0 bridgehead atoms. The first kappa shape index (κ1) is 24.5. The third kappa shape index (κ3) is 5.73. The first-order valence-corrected chi connectivity index (χ1v) is 12.4. The summed E-state index contributed by atoms with van der Waals surface area (Å²) in [6.45, 7) is 7.06. The number of benzene rings is 3. The standard InChI is InChI=1S/C30H34N2O3/c1-4-30(2,3)24-17-18-26-25(20-24)32(28(34)21-35-26)19-11-16-27(33)31-29(22-12-7-5-8-13-22)23-14-9-6-10-15-23/h5-10,12-15,17-18,20,29H,4,11,16,19,21H2,1-3H3,(H,31,33). The highest BCUT2D eigenvalue weighted by molar-refractivity contribution is 5.98. The molecule has 0 radical (unpaired) electrons. The number of amides is 2. The van der Waals surface area contributed by atoms with Crippen LogP contribution in [-0.2, 0) is 15.0 Å². The third-order valence-corrected chi connectivity index (χ3v) is 6.92. The Bertz CT molecular complexity index is 1120. The van der Waals surface area contributed by atoms with Crippen molar-refractivity contribution in [3.63, 3.8) is 0 Å². The molecule has 1 heterocycles. The molecule has 1 N–H and O–H groups in total. The van der Waals surface area contributed by atoms with Crippen LogP contribution in [0.5, 0.6) is 5.75 Å². The van der Waals surface area contributed by atoms with Gasteiger partial charge in [0, 0.05) is 13.0 Å². The van der Waals surface area contributed by atoms with Gasteiger partial charge in [0.1, 0.15) is 5.75 Å². The fraction of sp³-hybridized carbons (Fsp3) is 0.333. The average molecular weight is 471 g/mol. The van der Waals surface area contributed by atoms with Gasteiger partial charge in [-0.25, -0.2) is 0 Å². The van der Waals surface area contributed by atoms with Crippen LogP contribution in [0.2, 0.25) is 0 Å². The Morgan fingerprint density at radius 1 is 1.00 bits per heavy atom. The van der Waals surface area contributed by atoms with Crippen LogP contribution in [0, 0.1) is 0 Å². The zero-order valence-electron chi connectivity index (χ0n) is 20.8. The zero-order valence-corrected chi connectivity index (χ0v) is 20.8. The van der Waals surface area contributed by atoms with Crippen LogP contribution in [0.15, 0.2) is 78.9 Å². The Balaban J connectivity index is 1.44. The van der Waals surface area contributed by atoms with Crippen molar-refractivity contribution in [2.75, 3.05) is 18.1 Å². The Hall–Kier alpha value is -3.60. The molecule has 3 aromatic carbocycles. The van der Waals surface area contributed by atoms with Gasteiger partial charge in [0.05, 0.1) is 11.7 Å². The minimum absolute atomic E-state index is 0.00493. The summed E-state index contributed by atoms with van der Waals surface area (Å²) in [5, 5.41) is 3.19. The second-order valence-corrected chi connectivity index (χ2v) is 9.68. The monoisotopic (exact) mass is 470 g/mol. The van der Waals surface area contributed by atoms with Gasteiger partial charge in [0.15, 0.2) is 6.61 Å². The van der Waals surface area contributed by atoms with Gasteiger partial charge in [0.25, 0.3) is 5.91 Å². The van der Waals surface area contributed by atoms with E-state index in [2.05, 4.69) is 38.2 Å². The van der Waals surface area contributed by atoms with Crippen molar-refractivity contribution in [3.05, 3.63) is 95.6 Å². The zero-order chi connectivity index (χ0) is 24.8. The van der Waals surface area contributed by atoms with Crippen molar-refractivity contribution < 1.29 is 14.3 Å². The molecule has 0 saturated heterocycles. The van der Waals surface area contributed by atoms with Gasteiger partial charge >= 0.3 is 0 Å². The maximum Gasteiger partial charge on any atom is 0.265 e. The van der Waals surface area contributed by atoms with Gasteiger partial charge in [-0.1, -0.05) is 87.5 Å². The lowest BCUT2D eigenvalue weighted by molar-refractivity contribution is -0.123. The molecule has 5 nitrogen and oxygen atoms in total. The van der Waals surface area contributed by atoms with E-state index in [9.17, 15) is 9.59 Å². The smallest absolute Gasteiger partial charge is 0.265 e. The fourth-order valence-electron chi connectivity index (χ4n) is 4.35. The number of carbonyl (C=O) groups excluding carboxylic acids is 2. The molecule has 0 unspecified atom stereocenters. The number of ether oxygens (including phenoxy) is 1. The van der Waals surface area contributed by atoms with Crippen LogP contribution in [-0.4, -0.2) is 25.0 Å². The van der Waals surface area contributed by atoms with Crippen LogP contribution in [0.3, 0.4) is 0 Å². The molecule has 35 heavy (non-hydrogen) atoms. The summed E-state index contributed by atoms with van der Waals surface area (Å²) in [6, 6.07) is 25.8. The maximum atomic E-state index is 13.0. The van der Waals surface area contributed by atoms with Crippen LogP contribution >= 0.6 is 0 Å². The van der Waals surface area contributed by atoms with E-state index in [-0.39, 0.29) is 29.9 Å². The molecule has 5 heteroatoms. The predicted molar refractivity (Wildman–Crippen MR) is 140 cm³/mol. The molecule has 0 aromatic heterocycles. The molecule has 1 aliphatic rings. The van der Waals surface area contributed by atoms with Crippen LogP contribution in [0.25, 0.3) is 0 Å². The highest BCUT2D eigenvalue weighted by Gasteiger charge is 2.28. The molecule has 1 aliphatic heterocycles. The molecule has 0 fully saturated rings. The molecule has 0 aliphatic carbocycles. The molecular weight excluding hydrogens is 436 g/mol. The number of nitrogens with zero attached hydrogens (tertiary/aromatic N) is 1. The molecule has 182 valence electrons. The van der Waals surface area contributed by atoms with Gasteiger partial charge in [-0.05, 0) is 47.1 Å². The highest BCUT2D eigenvalue weighted by Crippen LogP contribution is 2.37. The number of fused-ring (bicyclic) bond motifs is 1. The molecule has 0 saturated carbocycles. The molecule has 3 aromatic rings.